The molecule has 0 bridgehead atoms. The number of methoxy groups -OCH3 is 1. The summed E-state index contributed by atoms with van der Waals surface area (Å²) in [5.74, 6) is -0.0197. The van der Waals surface area contributed by atoms with Gasteiger partial charge >= 0.3 is 0 Å². The second kappa shape index (κ2) is 7.34. The van der Waals surface area contributed by atoms with Crippen LogP contribution < -0.4 is 10.6 Å². The molecule has 0 atom stereocenters. The molecule has 1 aliphatic rings. The van der Waals surface area contributed by atoms with Gasteiger partial charge < -0.3 is 15.4 Å². The van der Waals surface area contributed by atoms with Gasteiger partial charge in [0.2, 0.25) is 5.91 Å². The molecule has 1 aromatic heterocycles. The van der Waals surface area contributed by atoms with E-state index in [0.29, 0.717) is 17.3 Å². The van der Waals surface area contributed by atoms with Gasteiger partial charge in [-0.2, -0.15) is 5.10 Å². The highest BCUT2D eigenvalue weighted by molar-refractivity contribution is 6.32. The Kier molecular flexibility index (Phi) is 5.18. The molecular formula is C17H21ClN4O2. The Labute approximate surface area is 146 Å². The van der Waals surface area contributed by atoms with Crippen LogP contribution in [0.1, 0.15) is 12.8 Å². The molecule has 0 aliphatic carbocycles. The van der Waals surface area contributed by atoms with E-state index < -0.39 is 5.41 Å². The molecular weight excluding hydrogens is 328 g/mol. The Morgan fingerprint density at radius 2 is 2.25 bits per heavy atom. The topological polar surface area (TPSA) is 68.2 Å². The van der Waals surface area contributed by atoms with Crippen molar-refractivity contribution in [3.63, 3.8) is 0 Å². The Morgan fingerprint density at radius 3 is 2.88 bits per heavy atom. The summed E-state index contributed by atoms with van der Waals surface area (Å²) in [6, 6.07) is 7.26. The summed E-state index contributed by atoms with van der Waals surface area (Å²) < 4.78 is 7.00. The van der Waals surface area contributed by atoms with Crippen molar-refractivity contribution in [1.82, 2.24) is 15.1 Å². The van der Waals surface area contributed by atoms with Crippen LogP contribution in [-0.4, -0.2) is 42.5 Å². The molecule has 24 heavy (non-hydrogen) atoms. The number of nitrogens with one attached hydrogen (secondary N) is 2. The normalized spacial score (nSPS) is 16.8. The van der Waals surface area contributed by atoms with Gasteiger partial charge in [0.25, 0.3) is 0 Å². The van der Waals surface area contributed by atoms with Crippen LogP contribution in [0.15, 0.2) is 36.7 Å². The van der Waals surface area contributed by atoms with Gasteiger partial charge in [0.05, 0.1) is 22.7 Å². The van der Waals surface area contributed by atoms with Crippen LogP contribution in [-0.2, 0) is 9.53 Å². The smallest absolute Gasteiger partial charge is 0.233 e. The van der Waals surface area contributed by atoms with E-state index in [9.17, 15) is 4.79 Å². The molecule has 1 saturated heterocycles. The minimum Gasteiger partial charge on any atom is -0.384 e. The van der Waals surface area contributed by atoms with Crippen molar-refractivity contribution in [2.45, 2.75) is 12.8 Å². The standard InChI is InChI=1S/C17H21ClN4O2/c1-24-12-17(5-8-19-9-6-17)16(23)21-13-3-4-15(14(18)11-13)22-10-2-7-20-22/h2-4,7,10-11,19H,5-6,8-9,12H2,1H3,(H,21,23). The molecule has 2 heterocycles. The average Bonchev–Trinajstić information content (AvgIpc) is 3.10. The molecule has 3 rings (SSSR count). The summed E-state index contributed by atoms with van der Waals surface area (Å²) in [5, 5.41) is 11.0. The minimum absolute atomic E-state index is 0.0197. The quantitative estimate of drug-likeness (QED) is 0.871. The molecule has 2 N–H and O–H groups in total. The first kappa shape index (κ1) is 17.0. The molecule has 1 fully saturated rings. The fourth-order valence-corrected chi connectivity index (χ4v) is 3.33. The van der Waals surface area contributed by atoms with Crippen molar-refractivity contribution >= 4 is 23.2 Å². The molecule has 0 unspecified atom stereocenters. The second-order valence-corrected chi connectivity index (χ2v) is 6.44. The van der Waals surface area contributed by atoms with E-state index in [-0.39, 0.29) is 5.91 Å². The molecule has 6 nitrogen and oxygen atoms in total. The largest absolute Gasteiger partial charge is 0.384 e. The first-order valence-electron chi connectivity index (χ1n) is 7.95. The number of hydrogen-bond donors (Lipinski definition) is 2. The van der Waals surface area contributed by atoms with Gasteiger partial charge in [-0.05, 0) is 50.2 Å². The highest BCUT2D eigenvalue weighted by Gasteiger charge is 2.39. The van der Waals surface area contributed by atoms with Gasteiger partial charge in [-0.15, -0.1) is 0 Å². The highest BCUT2D eigenvalue weighted by Crippen LogP contribution is 2.32. The lowest BCUT2D eigenvalue weighted by Gasteiger charge is -2.35. The summed E-state index contributed by atoms with van der Waals surface area (Å²) >= 11 is 6.34. The van der Waals surface area contributed by atoms with Crippen molar-refractivity contribution in [3.05, 3.63) is 41.7 Å². The molecule has 7 heteroatoms. The molecule has 1 amide bonds. The van der Waals surface area contributed by atoms with E-state index in [1.54, 1.807) is 24.1 Å². The monoisotopic (exact) mass is 348 g/mol. The number of anilines is 1. The van der Waals surface area contributed by atoms with Gasteiger partial charge in [0, 0.05) is 25.2 Å². The van der Waals surface area contributed by atoms with Gasteiger partial charge in [0.15, 0.2) is 0 Å². The molecule has 2 aromatic rings. The summed E-state index contributed by atoms with van der Waals surface area (Å²) in [6.07, 6.45) is 5.03. The van der Waals surface area contributed by atoms with Crippen molar-refractivity contribution < 1.29 is 9.53 Å². The zero-order chi connectivity index (χ0) is 17.0. The van der Waals surface area contributed by atoms with Crippen molar-refractivity contribution in [3.8, 4) is 5.69 Å². The summed E-state index contributed by atoms with van der Waals surface area (Å²) in [7, 11) is 1.63. The number of rotatable bonds is 5. The number of ether oxygens (including phenoxy) is 1. The molecule has 0 spiro atoms. The van der Waals surface area contributed by atoms with Crippen LogP contribution in [0, 0.1) is 5.41 Å². The Morgan fingerprint density at radius 1 is 1.46 bits per heavy atom. The number of nitrogens with zero attached hydrogens (tertiary/aromatic N) is 2. The van der Waals surface area contributed by atoms with E-state index >= 15 is 0 Å². The van der Waals surface area contributed by atoms with Crippen molar-refractivity contribution in [1.29, 1.82) is 0 Å². The summed E-state index contributed by atoms with van der Waals surface area (Å²) in [6.45, 7) is 2.05. The number of aromatic nitrogens is 2. The lowest BCUT2D eigenvalue weighted by atomic mass is 9.78. The van der Waals surface area contributed by atoms with E-state index in [1.807, 2.05) is 24.4 Å². The average molecular weight is 349 g/mol. The van der Waals surface area contributed by atoms with E-state index in [2.05, 4.69) is 15.7 Å². The van der Waals surface area contributed by atoms with Crippen LogP contribution >= 0.6 is 11.6 Å². The maximum atomic E-state index is 12.8. The maximum Gasteiger partial charge on any atom is 0.233 e. The van der Waals surface area contributed by atoms with Crippen LogP contribution in [0.2, 0.25) is 5.02 Å². The minimum atomic E-state index is -0.493. The van der Waals surface area contributed by atoms with Crippen LogP contribution in [0.3, 0.4) is 0 Å². The zero-order valence-electron chi connectivity index (χ0n) is 13.6. The molecule has 0 saturated carbocycles. The Balaban J connectivity index is 1.77. The number of amides is 1. The fourth-order valence-electron chi connectivity index (χ4n) is 3.06. The number of carbonyl (C=O) groups is 1. The van der Waals surface area contributed by atoms with E-state index in [1.165, 1.54) is 0 Å². The Bertz CT molecular complexity index is 691. The summed E-state index contributed by atoms with van der Waals surface area (Å²) in [4.78, 5) is 12.8. The molecule has 128 valence electrons. The van der Waals surface area contributed by atoms with Gasteiger partial charge in [0.1, 0.15) is 0 Å². The van der Waals surface area contributed by atoms with Gasteiger partial charge in [-0.1, -0.05) is 11.6 Å². The SMILES string of the molecule is COCC1(C(=O)Nc2ccc(-n3cccn3)c(Cl)c2)CCNCC1. The highest BCUT2D eigenvalue weighted by atomic mass is 35.5. The first-order chi connectivity index (χ1) is 11.6. The third-order valence-electron chi connectivity index (χ3n) is 4.42. The van der Waals surface area contributed by atoms with Crippen LogP contribution in [0.25, 0.3) is 5.69 Å². The van der Waals surface area contributed by atoms with Crippen LogP contribution in [0.4, 0.5) is 5.69 Å². The predicted octanol–water partition coefficient (Wildman–Crippen LogP) is 2.48. The number of hydrogen-bond acceptors (Lipinski definition) is 4. The summed E-state index contributed by atoms with van der Waals surface area (Å²) in [5.41, 5.74) is 0.954. The second-order valence-electron chi connectivity index (χ2n) is 6.03. The number of halogens is 1. The van der Waals surface area contributed by atoms with Gasteiger partial charge in [-0.25, -0.2) is 4.68 Å². The number of carbonyl (C=O) groups excluding carboxylic acids is 1. The molecule has 1 aliphatic heterocycles. The van der Waals surface area contributed by atoms with E-state index in [4.69, 9.17) is 16.3 Å². The lowest BCUT2D eigenvalue weighted by Crippen LogP contribution is -2.47. The fraction of sp³-hybridized carbons (Fsp3) is 0.412. The number of benzene rings is 1. The van der Waals surface area contributed by atoms with Crippen LogP contribution in [0.5, 0.6) is 0 Å². The van der Waals surface area contributed by atoms with Crippen molar-refractivity contribution in [2.24, 2.45) is 5.41 Å². The maximum absolute atomic E-state index is 12.8. The predicted molar refractivity (Wildman–Crippen MR) is 93.6 cm³/mol. The Hall–Kier alpha value is -1.89. The molecule has 0 radical (unpaired) electrons. The third-order valence-corrected chi connectivity index (χ3v) is 4.72. The molecule has 1 aromatic carbocycles. The first-order valence-corrected chi connectivity index (χ1v) is 8.33. The lowest BCUT2D eigenvalue weighted by molar-refractivity contribution is -0.130. The zero-order valence-corrected chi connectivity index (χ0v) is 14.3. The third kappa shape index (κ3) is 3.45. The van der Waals surface area contributed by atoms with Crippen molar-refractivity contribution in [2.75, 3.05) is 32.1 Å². The van der Waals surface area contributed by atoms with Gasteiger partial charge in [-0.3, -0.25) is 4.79 Å². The number of piperidine rings is 1. The van der Waals surface area contributed by atoms with E-state index in [0.717, 1.165) is 31.6 Å².